The second-order valence-electron chi connectivity index (χ2n) is 3.60. The quantitative estimate of drug-likeness (QED) is 0.588. The van der Waals surface area contributed by atoms with Crippen LogP contribution in [0.4, 0.5) is 0 Å². The van der Waals surface area contributed by atoms with E-state index < -0.39 is 0 Å². The summed E-state index contributed by atoms with van der Waals surface area (Å²) in [6.07, 6.45) is 2.29. The van der Waals surface area contributed by atoms with E-state index in [1.165, 1.54) is 6.42 Å². The molecule has 3 nitrogen and oxygen atoms in total. The second-order valence-corrected chi connectivity index (χ2v) is 3.60. The molecular formula is C10H24N2O. The summed E-state index contributed by atoms with van der Waals surface area (Å²) in [5.74, 6) is 0. The van der Waals surface area contributed by atoms with E-state index >= 15 is 0 Å². The molecule has 0 saturated heterocycles. The topological polar surface area (TPSA) is 35.5 Å². The molecule has 0 aromatic heterocycles. The number of aliphatic hydroxyl groups is 1. The maximum absolute atomic E-state index is 9.08. The zero-order chi connectivity index (χ0) is 10.1. The largest absolute Gasteiger partial charge is 0.395 e. The average molecular weight is 188 g/mol. The first kappa shape index (κ1) is 12.9. The molecule has 0 aliphatic heterocycles. The summed E-state index contributed by atoms with van der Waals surface area (Å²) in [6.45, 7) is 7.56. The predicted molar refractivity (Wildman–Crippen MR) is 57.0 cm³/mol. The summed E-state index contributed by atoms with van der Waals surface area (Å²) in [5, 5.41) is 12.4. The van der Waals surface area contributed by atoms with Crippen molar-refractivity contribution in [2.75, 3.05) is 33.3 Å². The first-order valence-corrected chi connectivity index (χ1v) is 5.27. The van der Waals surface area contributed by atoms with Gasteiger partial charge in [-0.1, -0.05) is 13.8 Å². The van der Waals surface area contributed by atoms with Crippen molar-refractivity contribution in [3.05, 3.63) is 0 Å². The van der Waals surface area contributed by atoms with Crippen LogP contribution in [0.1, 0.15) is 26.7 Å². The molecule has 0 saturated carbocycles. The van der Waals surface area contributed by atoms with Crippen LogP contribution < -0.4 is 5.32 Å². The number of hydrogen-bond acceptors (Lipinski definition) is 3. The van der Waals surface area contributed by atoms with Crippen molar-refractivity contribution >= 4 is 0 Å². The van der Waals surface area contributed by atoms with Crippen molar-refractivity contribution in [3.63, 3.8) is 0 Å². The normalized spacial score (nSPS) is 13.6. The van der Waals surface area contributed by atoms with Crippen LogP contribution in [0.3, 0.4) is 0 Å². The molecular weight excluding hydrogens is 164 g/mol. The van der Waals surface area contributed by atoms with Gasteiger partial charge in [0, 0.05) is 12.6 Å². The molecule has 1 atom stereocenters. The first-order chi connectivity index (χ1) is 6.24. The van der Waals surface area contributed by atoms with E-state index in [4.69, 9.17) is 5.11 Å². The molecule has 0 rings (SSSR count). The van der Waals surface area contributed by atoms with Crippen molar-refractivity contribution in [3.8, 4) is 0 Å². The third-order valence-corrected chi connectivity index (χ3v) is 2.04. The maximum Gasteiger partial charge on any atom is 0.0597 e. The monoisotopic (exact) mass is 188 g/mol. The zero-order valence-corrected chi connectivity index (χ0v) is 9.21. The molecule has 0 spiro atoms. The van der Waals surface area contributed by atoms with Crippen LogP contribution in [0.5, 0.6) is 0 Å². The van der Waals surface area contributed by atoms with Gasteiger partial charge in [0.1, 0.15) is 0 Å². The molecule has 0 aromatic rings. The number of nitrogens with one attached hydrogen (secondary N) is 1. The fraction of sp³-hybridized carbons (Fsp3) is 1.00. The number of nitrogens with zero attached hydrogens (tertiary/aromatic N) is 1. The van der Waals surface area contributed by atoms with Crippen LogP contribution in [-0.4, -0.2) is 49.3 Å². The lowest BCUT2D eigenvalue weighted by Crippen LogP contribution is -2.42. The van der Waals surface area contributed by atoms with Gasteiger partial charge in [-0.25, -0.2) is 0 Å². The Balaban J connectivity index is 3.56. The van der Waals surface area contributed by atoms with E-state index in [1.807, 2.05) is 0 Å². The minimum Gasteiger partial charge on any atom is -0.395 e. The number of rotatable bonds is 8. The van der Waals surface area contributed by atoms with Crippen molar-refractivity contribution < 1.29 is 5.11 Å². The Labute approximate surface area is 82.1 Å². The lowest BCUT2D eigenvalue weighted by Gasteiger charge is -2.22. The van der Waals surface area contributed by atoms with Crippen LogP contribution in [-0.2, 0) is 0 Å². The molecule has 80 valence electrons. The Morgan fingerprint density at radius 2 is 2.00 bits per heavy atom. The van der Waals surface area contributed by atoms with Gasteiger partial charge in [-0.2, -0.15) is 0 Å². The van der Waals surface area contributed by atoms with E-state index in [0.29, 0.717) is 0 Å². The molecule has 3 heteroatoms. The van der Waals surface area contributed by atoms with Crippen LogP contribution in [0, 0.1) is 0 Å². The van der Waals surface area contributed by atoms with E-state index in [1.54, 1.807) is 0 Å². The van der Waals surface area contributed by atoms with Gasteiger partial charge in [-0.15, -0.1) is 0 Å². The Morgan fingerprint density at radius 3 is 2.46 bits per heavy atom. The van der Waals surface area contributed by atoms with Gasteiger partial charge >= 0.3 is 0 Å². The molecule has 13 heavy (non-hydrogen) atoms. The third kappa shape index (κ3) is 6.99. The van der Waals surface area contributed by atoms with Crippen molar-refractivity contribution in [2.45, 2.75) is 32.7 Å². The van der Waals surface area contributed by atoms with Crippen LogP contribution >= 0.6 is 0 Å². The predicted octanol–water partition coefficient (Wildman–Crippen LogP) is 0.689. The SMILES string of the molecule is CCCNC(CO)CN(C)CCC. The number of aliphatic hydroxyl groups excluding tert-OH is 1. The summed E-state index contributed by atoms with van der Waals surface area (Å²) >= 11 is 0. The van der Waals surface area contributed by atoms with Gasteiger partial charge in [-0.3, -0.25) is 0 Å². The molecule has 0 aromatic carbocycles. The van der Waals surface area contributed by atoms with Crippen LogP contribution in [0.25, 0.3) is 0 Å². The van der Waals surface area contributed by atoms with Gasteiger partial charge in [-0.05, 0) is 33.0 Å². The molecule has 0 radical (unpaired) electrons. The Hall–Kier alpha value is -0.120. The third-order valence-electron chi connectivity index (χ3n) is 2.04. The Kier molecular flexibility index (Phi) is 8.40. The summed E-state index contributed by atoms with van der Waals surface area (Å²) in [7, 11) is 2.10. The van der Waals surface area contributed by atoms with Gasteiger partial charge < -0.3 is 15.3 Å². The maximum atomic E-state index is 9.08. The van der Waals surface area contributed by atoms with E-state index in [9.17, 15) is 0 Å². The van der Waals surface area contributed by atoms with Crippen molar-refractivity contribution in [1.29, 1.82) is 0 Å². The highest BCUT2D eigenvalue weighted by Gasteiger charge is 2.08. The summed E-state index contributed by atoms with van der Waals surface area (Å²) in [4.78, 5) is 2.25. The molecule has 0 aliphatic rings. The molecule has 0 aliphatic carbocycles. The minimum atomic E-state index is 0.230. The molecule has 0 bridgehead atoms. The highest BCUT2D eigenvalue weighted by Crippen LogP contribution is 1.91. The molecule has 1 unspecified atom stereocenters. The van der Waals surface area contributed by atoms with Crippen molar-refractivity contribution in [2.24, 2.45) is 0 Å². The molecule has 0 fully saturated rings. The zero-order valence-electron chi connectivity index (χ0n) is 9.21. The van der Waals surface area contributed by atoms with Crippen LogP contribution in [0.15, 0.2) is 0 Å². The fourth-order valence-electron chi connectivity index (χ4n) is 1.38. The van der Waals surface area contributed by atoms with E-state index in [2.05, 4.69) is 31.1 Å². The van der Waals surface area contributed by atoms with Gasteiger partial charge in [0.05, 0.1) is 6.61 Å². The van der Waals surface area contributed by atoms with E-state index in [0.717, 1.165) is 26.1 Å². The second kappa shape index (κ2) is 8.48. The van der Waals surface area contributed by atoms with Crippen LogP contribution in [0.2, 0.25) is 0 Å². The van der Waals surface area contributed by atoms with Gasteiger partial charge in [0.15, 0.2) is 0 Å². The standard InChI is InChI=1S/C10H24N2O/c1-4-6-11-10(9-13)8-12(3)7-5-2/h10-11,13H,4-9H2,1-3H3. The van der Waals surface area contributed by atoms with Gasteiger partial charge in [0.2, 0.25) is 0 Å². The summed E-state index contributed by atoms with van der Waals surface area (Å²) in [5.41, 5.74) is 0. The molecule has 0 heterocycles. The summed E-state index contributed by atoms with van der Waals surface area (Å²) in [6, 6.07) is 0.233. The number of likely N-dealkylation sites (N-methyl/N-ethyl adjacent to an activating group) is 1. The van der Waals surface area contributed by atoms with Crippen molar-refractivity contribution in [1.82, 2.24) is 10.2 Å². The smallest absolute Gasteiger partial charge is 0.0597 e. The summed E-state index contributed by atoms with van der Waals surface area (Å²) < 4.78 is 0. The first-order valence-electron chi connectivity index (χ1n) is 5.27. The number of hydrogen-bond donors (Lipinski definition) is 2. The lowest BCUT2D eigenvalue weighted by atomic mass is 10.2. The molecule has 2 N–H and O–H groups in total. The molecule has 0 amide bonds. The lowest BCUT2D eigenvalue weighted by molar-refractivity contribution is 0.199. The highest BCUT2D eigenvalue weighted by atomic mass is 16.3. The average Bonchev–Trinajstić information content (AvgIpc) is 2.12. The van der Waals surface area contributed by atoms with Gasteiger partial charge in [0.25, 0.3) is 0 Å². The highest BCUT2D eigenvalue weighted by molar-refractivity contribution is 4.68. The van der Waals surface area contributed by atoms with E-state index in [-0.39, 0.29) is 12.6 Å². The minimum absolute atomic E-state index is 0.230. The fourth-order valence-corrected chi connectivity index (χ4v) is 1.38. The Morgan fingerprint density at radius 1 is 1.31 bits per heavy atom. The Bertz CT molecular complexity index is 109.